The van der Waals surface area contributed by atoms with Crippen LogP contribution in [0, 0.1) is 17.3 Å². The van der Waals surface area contributed by atoms with Gasteiger partial charge in [0.2, 0.25) is 5.91 Å². The molecule has 26 heavy (non-hydrogen) atoms. The van der Waals surface area contributed by atoms with Gasteiger partial charge in [-0.3, -0.25) is 4.79 Å². The van der Waals surface area contributed by atoms with Crippen molar-refractivity contribution in [2.45, 2.75) is 32.6 Å². The van der Waals surface area contributed by atoms with E-state index in [0.29, 0.717) is 27.5 Å². The molecule has 2 aliphatic rings. The van der Waals surface area contributed by atoms with Gasteiger partial charge in [-0.25, -0.2) is 5.43 Å². The molecule has 6 heteroatoms. The number of amides is 1. The minimum absolute atomic E-state index is 0.0203. The molecule has 1 aromatic heterocycles. The second-order valence-electron chi connectivity index (χ2n) is 7.40. The normalized spacial score (nSPS) is 27.3. The lowest BCUT2D eigenvalue weighted by Gasteiger charge is -2.15. The number of hydrogen-bond acceptors (Lipinski definition) is 3. The molecule has 1 heterocycles. The highest BCUT2D eigenvalue weighted by molar-refractivity contribution is 6.42. The number of benzene rings is 1. The van der Waals surface area contributed by atoms with Crippen LogP contribution in [0.3, 0.4) is 0 Å². The molecule has 0 saturated heterocycles. The Labute approximate surface area is 162 Å². The quantitative estimate of drug-likeness (QED) is 0.550. The first kappa shape index (κ1) is 17.6. The van der Waals surface area contributed by atoms with Crippen LogP contribution in [-0.4, -0.2) is 12.1 Å². The predicted octanol–water partition coefficient (Wildman–Crippen LogP) is 5.53. The molecule has 2 aliphatic carbocycles. The molecule has 4 rings (SSSR count). The van der Waals surface area contributed by atoms with Gasteiger partial charge in [0.25, 0.3) is 0 Å². The number of rotatable bonds is 4. The Morgan fingerprint density at radius 1 is 1.27 bits per heavy atom. The third-order valence-electron chi connectivity index (χ3n) is 5.81. The number of nitrogens with zero attached hydrogens (tertiary/aromatic N) is 1. The minimum Gasteiger partial charge on any atom is -0.455 e. The summed E-state index contributed by atoms with van der Waals surface area (Å²) in [5.41, 5.74) is 3.69. The van der Waals surface area contributed by atoms with Gasteiger partial charge in [-0.15, -0.1) is 0 Å². The van der Waals surface area contributed by atoms with Crippen LogP contribution in [-0.2, 0) is 4.79 Å². The monoisotopic (exact) mass is 390 g/mol. The predicted molar refractivity (Wildman–Crippen MR) is 103 cm³/mol. The summed E-state index contributed by atoms with van der Waals surface area (Å²) >= 11 is 12.0. The number of furan rings is 1. The zero-order chi connectivity index (χ0) is 18.3. The standard InChI is InChI=1S/C20H20Cl2N2O2/c1-20-9-3-2-4-14(20)18(20)19(25)24-23-11-13-6-8-17(26-13)12-5-7-15(21)16(22)10-12/h5-8,10-11,14,18H,2-4,9H2,1H3,(H,24,25)/b23-11-/t14-,18+,20+/m0/s1. The highest BCUT2D eigenvalue weighted by Crippen LogP contribution is 2.66. The maximum atomic E-state index is 12.4. The Balaban J connectivity index is 1.38. The van der Waals surface area contributed by atoms with Gasteiger partial charge in [0, 0.05) is 11.5 Å². The molecule has 136 valence electrons. The summed E-state index contributed by atoms with van der Waals surface area (Å²) < 4.78 is 5.73. The Bertz CT molecular complexity index is 876. The molecule has 1 N–H and O–H groups in total. The Hall–Kier alpha value is -1.78. The van der Waals surface area contributed by atoms with Crippen molar-refractivity contribution in [1.29, 1.82) is 0 Å². The summed E-state index contributed by atoms with van der Waals surface area (Å²) in [7, 11) is 0. The maximum absolute atomic E-state index is 12.4. The van der Waals surface area contributed by atoms with E-state index in [-0.39, 0.29) is 17.2 Å². The summed E-state index contributed by atoms with van der Waals surface area (Å²) in [6.07, 6.45) is 6.28. The first-order chi connectivity index (χ1) is 12.5. The molecule has 0 unspecified atom stereocenters. The highest BCUT2D eigenvalue weighted by atomic mass is 35.5. The van der Waals surface area contributed by atoms with Gasteiger partial charge < -0.3 is 4.42 Å². The lowest BCUT2D eigenvalue weighted by atomic mass is 9.90. The lowest BCUT2D eigenvalue weighted by Crippen LogP contribution is -2.22. The van der Waals surface area contributed by atoms with E-state index in [4.69, 9.17) is 27.6 Å². The number of nitrogens with one attached hydrogen (secondary N) is 1. The third kappa shape index (κ3) is 3.17. The zero-order valence-corrected chi connectivity index (χ0v) is 16.0. The van der Waals surface area contributed by atoms with Crippen molar-refractivity contribution in [3.63, 3.8) is 0 Å². The summed E-state index contributed by atoms with van der Waals surface area (Å²) in [4.78, 5) is 12.4. The fourth-order valence-corrected chi connectivity index (χ4v) is 4.60. The van der Waals surface area contributed by atoms with Crippen LogP contribution in [0.25, 0.3) is 11.3 Å². The summed E-state index contributed by atoms with van der Waals surface area (Å²) in [6, 6.07) is 8.95. The molecule has 0 spiro atoms. The second-order valence-corrected chi connectivity index (χ2v) is 8.22. The second kappa shape index (κ2) is 6.75. The van der Waals surface area contributed by atoms with Crippen LogP contribution in [0.5, 0.6) is 0 Å². The zero-order valence-electron chi connectivity index (χ0n) is 14.5. The number of halogens is 2. The van der Waals surface area contributed by atoms with Gasteiger partial charge in [-0.1, -0.05) is 43.0 Å². The fraction of sp³-hybridized carbons (Fsp3) is 0.400. The summed E-state index contributed by atoms with van der Waals surface area (Å²) in [6.45, 7) is 2.22. The topological polar surface area (TPSA) is 54.6 Å². The number of hydrazone groups is 1. The van der Waals surface area contributed by atoms with E-state index < -0.39 is 0 Å². The van der Waals surface area contributed by atoms with E-state index >= 15 is 0 Å². The molecule has 0 aliphatic heterocycles. The number of fused-ring (bicyclic) bond motifs is 1. The largest absolute Gasteiger partial charge is 0.455 e. The van der Waals surface area contributed by atoms with Crippen LogP contribution in [0.1, 0.15) is 38.4 Å². The van der Waals surface area contributed by atoms with Crippen molar-refractivity contribution in [3.05, 3.63) is 46.1 Å². The highest BCUT2D eigenvalue weighted by Gasteiger charge is 2.64. The SMILES string of the molecule is C[C@@]12CCCC[C@H]1[C@@H]2C(=O)N/N=C\c1ccc(-c2ccc(Cl)c(Cl)c2)o1. The number of carbonyl (C=O) groups excluding carboxylic acids is 1. The lowest BCUT2D eigenvalue weighted by molar-refractivity contribution is -0.123. The Morgan fingerprint density at radius 3 is 2.85 bits per heavy atom. The molecule has 0 radical (unpaired) electrons. The first-order valence-electron chi connectivity index (χ1n) is 8.87. The minimum atomic E-state index is 0.0203. The van der Waals surface area contributed by atoms with Gasteiger partial charge in [0.15, 0.2) is 0 Å². The maximum Gasteiger partial charge on any atom is 0.244 e. The smallest absolute Gasteiger partial charge is 0.244 e. The molecular weight excluding hydrogens is 371 g/mol. The molecular formula is C20H20Cl2N2O2. The van der Waals surface area contributed by atoms with Crippen LogP contribution in [0.4, 0.5) is 0 Å². The fourth-order valence-electron chi connectivity index (χ4n) is 4.31. The third-order valence-corrected chi connectivity index (χ3v) is 6.55. The van der Waals surface area contributed by atoms with Crippen molar-refractivity contribution >= 4 is 35.3 Å². The van der Waals surface area contributed by atoms with E-state index in [1.165, 1.54) is 19.1 Å². The average molecular weight is 391 g/mol. The first-order valence-corrected chi connectivity index (χ1v) is 9.63. The van der Waals surface area contributed by atoms with Gasteiger partial charge in [-0.05, 0) is 54.5 Å². The molecule has 1 aromatic carbocycles. The van der Waals surface area contributed by atoms with Crippen LogP contribution < -0.4 is 5.43 Å². The molecule has 4 nitrogen and oxygen atoms in total. The van der Waals surface area contributed by atoms with Crippen molar-refractivity contribution in [1.82, 2.24) is 5.43 Å². The van der Waals surface area contributed by atoms with Crippen molar-refractivity contribution < 1.29 is 9.21 Å². The molecule has 3 atom stereocenters. The van der Waals surface area contributed by atoms with Crippen molar-refractivity contribution in [3.8, 4) is 11.3 Å². The van der Waals surface area contributed by atoms with E-state index in [9.17, 15) is 4.79 Å². The molecule has 2 saturated carbocycles. The summed E-state index contributed by atoms with van der Waals surface area (Å²) in [5, 5.41) is 5.04. The van der Waals surface area contributed by atoms with Gasteiger partial charge >= 0.3 is 0 Å². The van der Waals surface area contributed by atoms with Gasteiger partial charge in [0.05, 0.1) is 16.3 Å². The van der Waals surface area contributed by atoms with E-state index in [1.807, 2.05) is 12.1 Å². The van der Waals surface area contributed by atoms with Gasteiger partial charge in [-0.2, -0.15) is 5.10 Å². The molecule has 2 fully saturated rings. The molecule has 1 amide bonds. The van der Waals surface area contributed by atoms with E-state index in [1.54, 1.807) is 18.2 Å². The van der Waals surface area contributed by atoms with Crippen molar-refractivity contribution in [2.24, 2.45) is 22.4 Å². The Kier molecular flexibility index (Phi) is 4.57. The number of carbonyl (C=O) groups is 1. The van der Waals surface area contributed by atoms with Crippen LogP contribution in [0.15, 0.2) is 39.9 Å². The van der Waals surface area contributed by atoms with E-state index in [2.05, 4.69) is 17.5 Å². The van der Waals surface area contributed by atoms with E-state index in [0.717, 1.165) is 18.4 Å². The van der Waals surface area contributed by atoms with Crippen LogP contribution in [0.2, 0.25) is 10.0 Å². The Morgan fingerprint density at radius 2 is 2.12 bits per heavy atom. The molecule has 0 bridgehead atoms. The van der Waals surface area contributed by atoms with Crippen molar-refractivity contribution in [2.75, 3.05) is 0 Å². The van der Waals surface area contributed by atoms with Crippen LogP contribution >= 0.6 is 23.2 Å². The summed E-state index contributed by atoms with van der Waals surface area (Å²) in [5.74, 6) is 1.87. The average Bonchev–Trinajstić information content (AvgIpc) is 2.98. The molecule has 2 aromatic rings. The van der Waals surface area contributed by atoms with Gasteiger partial charge in [0.1, 0.15) is 11.5 Å². The number of hydrogen-bond donors (Lipinski definition) is 1.